The van der Waals surface area contributed by atoms with Crippen molar-refractivity contribution in [3.05, 3.63) is 89.0 Å². The number of piperazine rings is 1. The molecule has 1 fully saturated rings. The van der Waals surface area contributed by atoms with Crippen molar-refractivity contribution in [2.75, 3.05) is 31.5 Å². The molecule has 1 aromatic heterocycles. The second kappa shape index (κ2) is 9.91. The van der Waals surface area contributed by atoms with Gasteiger partial charge < -0.3 is 19.7 Å². The fourth-order valence-corrected chi connectivity index (χ4v) is 4.01. The van der Waals surface area contributed by atoms with Crippen molar-refractivity contribution in [1.29, 1.82) is 0 Å². The van der Waals surface area contributed by atoms with Crippen molar-refractivity contribution in [3.63, 3.8) is 0 Å². The summed E-state index contributed by atoms with van der Waals surface area (Å²) in [6.45, 7) is 5.44. The van der Waals surface area contributed by atoms with Gasteiger partial charge in [0.05, 0.1) is 0 Å². The molecule has 0 atom stereocenters. The van der Waals surface area contributed by atoms with E-state index in [0.717, 1.165) is 16.8 Å². The van der Waals surface area contributed by atoms with Gasteiger partial charge in [0.15, 0.2) is 0 Å². The molecule has 2 heterocycles. The fourth-order valence-electron chi connectivity index (χ4n) is 4.01. The van der Waals surface area contributed by atoms with Crippen molar-refractivity contribution in [1.82, 2.24) is 14.4 Å². The molecule has 0 spiro atoms. The van der Waals surface area contributed by atoms with E-state index in [1.807, 2.05) is 32.0 Å². The molecule has 1 saturated heterocycles. The summed E-state index contributed by atoms with van der Waals surface area (Å²) in [5.74, 6) is -0.969. The van der Waals surface area contributed by atoms with Crippen molar-refractivity contribution < 1.29 is 18.8 Å². The molecule has 1 aliphatic heterocycles. The van der Waals surface area contributed by atoms with Crippen LogP contribution in [0, 0.1) is 19.7 Å². The molecule has 1 N–H and O–H groups in total. The summed E-state index contributed by atoms with van der Waals surface area (Å²) < 4.78 is 14.8. The average Bonchev–Trinajstić information content (AvgIpc) is 3.29. The standard InChI is InChI=1S/C26H27FN4O3/c1-18-5-6-19(2)22(16-18)28-24(32)17-31-11-3-4-23(31)26(34)30-14-12-29(13-15-30)25(33)20-7-9-21(27)10-8-20/h3-11,16H,12-15,17H2,1-2H3,(H,28,32). The number of aromatic nitrogens is 1. The van der Waals surface area contributed by atoms with Crippen molar-refractivity contribution in [3.8, 4) is 0 Å². The van der Waals surface area contributed by atoms with E-state index in [0.29, 0.717) is 37.4 Å². The van der Waals surface area contributed by atoms with Crippen LogP contribution in [0.2, 0.25) is 0 Å². The van der Waals surface area contributed by atoms with Gasteiger partial charge in [-0.05, 0) is 67.4 Å². The van der Waals surface area contributed by atoms with Gasteiger partial charge in [-0.25, -0.2) is 4.39 Å². The molecule has 176 valence electrons. The zero-order valence-electron chi connectivity index (χ0n) is 19.3. The first-order valence-electron chi connectivity index (χ1n) is 11.2. The number of benzene rings is 2. The van der Waals surface area contributed by atoms with Crippen LogP contribution in [0.1, 0.15) is 32.0 Å². The molecule has 8 heteroatoms. The number of hydrogen-bond donors (Lipinski definition) is 1. The second-order valence-corrected chi connectivity index (χ2v) is 8.48. The monoisotopic (exact) mass is 462 g/mol. The molecule has 3 aromatic rings. The SMILES string of the molecule is Cc1ccc(C)c(NC(=O)Cn2cccc2C(=O)N2CCN(C(=O)c3ccc(F)cc3)CC2)c1. The van der Waals surface area contributed by atoms with Gasteiger partial charge in [-0.2, -0.15) is 0 Å². The van der Waals surface area contributed by atoms with E-state index in [1.165, 1.54) is 24.3 Å². The van der Waals surface area contributed by atoms with Gasteiger partial charge in [0.2, 0.25) is 5.91 Å². The minimum atomic E-state index is -0.391. The highest BCUT2D eigenvalue weighted by atomic mass is 19.1. The van der Waals surface area contributed by atoms with Crippen LogP contribution >= 0.6 is 0 Å². The smallest absolute Gasteiger partial charge is 0.270 e. The van der Waals surface area contributed by atoms with Crippen LogP contribution in [-0.4, -0.2) is 58.3 Å². The number of carbonyl (C=O) groups excluding carboxylic acids is 3. The quantitative estimate of drug-likeness (QED) is 0.631. The fraction of sp³-hybridized carbons (Fsp3) is 0.269. The topological polar surface area (TPSA) is 74.7 Å². The van der Waals surface area contributed by atoms with E-state index in [1.54, 1.807) is 32.7 Å². The van der Waals surface area contributed by atoms with Gasteiger partial charge in [-0.1, -0.05) is 12.1 Å². The molecule has 0 aliphatic carbocycles. The Balaban J connectivity index is 1.36. The van der Waals surface area contributed by atoms with Crippen LogP contribution in [-0.2, 0) is 11.3 Å². The Labute approximate surface area is 197 Å². The van der Waals surface area contributed by atoms with E-state index < -0.39 is 5.82 Å². The first kappa shape index (κ1) is 23.2. The Bertz CT molecular complexity index is 1210. The summed E-state index contributed by atoms with van der Waals surface area (Å²) >= 11 is 0. The molecular weight excluding hydrogens is 435 g/mol. The summed E-state index contributed by atoms with van der Waals surface area (Å²) in [5, 5.41) is 2.92. The molecule has 0 bridgehead atoms. The predicted octanol–water partition coefficient (Wildman–Crippen LogP) is 3.48. The summed E-state index contributed by atoms with van der Waals surface area (Å²) in [5.41, 5.74) is 3.62. The predicted molar refractivity (Wildman–Crippen MR) is 127 cm³/mol. The van der Waals surface area contributed by atoms with E-state index in [-0.39, 0.29) is 24.3 Å². The third kappa shape index (κ3) is 5.17. The highest BCUT2D eigenvalue weighted by Crippen LogP contribution is 2.17. The lowest BCUT2D eigenvalue weighted by atomic mass is 10.1. The lowest BCUT2D eigenvalue weighted by Gasteiger charge is -2.35. The van der Waals surface area contributed by atoms with E-state index >= 15 is 0 Å². The Kier molecular flexibility index (Phi) is 6.77. The normalized spacial score (nSPS) is 13.6. The number of anilines is 1. The van der Waals surface area contributed by atoms with Gasteiger partial charge in [0.25, 0.3) is 11.8 Å². The van der Waals surface area contributed by atoms with Crippen molar-refractivity contribution >= 4 is 23.4 Å². The van der Waals surface area contributed by atoms with E-state index in [2.05, 4.69) is 5.32 Å². The van der Waals surface area contributed by atoms with Crippen LogP contribution in [0.5, 0.6) is 0 Å². The number of halogens is 1. The summed E-state index contributed by atoms with van der Waals surface area (Å²) in [6, 6.07) is 14.8. The molecule has 4 rings (SSSR count). The number of nitrogens with zero attached hydrogens (tertiary/aromatic N) is 3. The molecule has 7 nitrogen and oxygen atoms in total. The summed E-state index contributed by atoms with van der Waals surface area (Å²) in [4.78, 5) is 41.8. The minimum absolute atomic E-state index is 0.0183. The van der Waals surface area contributed by atoms with Crippen LogP contribution in [0.15, 0.2) is 60.8 Å². The van der Waals surface area contributed by atoms with Gasteiger partial charge in [0, 0.05) is 43.6 Å². The summed E-state index contributed by atoms with van der Waals surface area (Å²) in [7, 11) is 0. The van der Waals surface area contributed by atoms with Crippen LogP contribution in [0.4, 0.5) is 10.1 Å². The number of hydrogen-bond acceptors (Lipinski definition) is 3. The zero-order chi connectivity index (χ0) is 24.2. The highest BCUT2D eigenvalue weighted by Gasteiger charge is 2.27. The molecule has 2 aromatic carbocycles. The number of aryl methyl sites for hydroxylation is 2. The molecule has 3 amide bonds. The Morgan fingerprint density at radius 1 is 0.882 bits per heavy atom. The lowest BCUT2D eigenvalue weighted by molar-refractivity contribution is -0.116. The van der Waals surface area contributed by atoms with Gasteiger partial charge in [-0.15, -0.1) is 0 Å². The molecule has 1 aliphatic rings. The minimum Gasteiger partial charge on any atom is -0.335 e. The number of amides is 3. The number of nitrogens with one attached hydrogen (secondary N) is 1. The Hall–Kier alpha value is -3.94. The Morgan fingerprint density at radius 2 is 1.53 bits per heavy atom. The van der Waals surface area contributed by atoms with Gasteiger partial charge in [-0.3, -0.25) is 14.4 Å². The molecule has 0 radical (unpaired) electrons. The van der Waals surface area contributed by atoms with Crippen LogP contribution in [0.25, 0.3) is 0 Å². The summed E-state index contributed by atoms with van der Waals surface area (Å²) in [6.07, 6.45) is 1.71. The largest absolute Gasteiger partial charge is 0.335 e. The second-order valence-electron chi connectivity index (χ2n) is 8.48. The first-order valence-corrected chi connectivity index (χ1v) is 11.2. The highest BCUT2D eigenvalue weighted by molar-refractivity contribution is 5.96. The first-order chi connectivity index (χ1) is 16.3. The third-order valence-corrected chi connectivity index (χ3v) is 5.98. The van der Waals surface area contributed by atoms with Crippen LogP contribution < -0.4 is 5.32 Å². The molecule has 0 unspecified atom stereocenters. The van der Waals surface area contributed by atoms with Crippen LogP contribution in [0.3, 0.4) is 0 Å². The Morgan fingerprint density at radius 3 is 2.21 bits per heavy atom. The lowest BCUT2D eigenvalue weighted by Crippen LogP contribution is -2.51. The maximum atomic E-state index is 13.1. The average molecular weight is 463 g/mol. The third-order valence-electron chi connectivity index (χ3n) is 5.98. The van der Waals surface area contributed by atoms with Crippen molar-refractivity contribution in [2.24, 2.45) is 0 Å². The number of carbonyl (C=O) groups is 3. The number of rotatable bonds is 5. The van der Waals surface area contributed by atoms with Gasteiger partial charge >= 0.3 is 0 Å². The molecular formula is C26H27FN4O3. The molecule has 34 heavy (non-hydrogen) atoms. The zero-order valence-corrected chi connectivity index (χ0v) is 19.3. The molecule has 0 saturated carbocycles. The maximum absolute atomic E-state index is 13.1. The van der Waals surface area contributed by atoms with Crippen molar-refractivity contribution in [2.45, 2.75) is 20.4 Å². The van der Waals surface area contributed by atoms with E-state index in [9.17, 15) is 18.8 Å². The maximum Gasteiger partial charge on any atom is 0.270 e. The van der Waals surface area contributed by atoms with E-state index in [4.69, 9.17) is 0 Å². The van der Waals surface area contributed by atoms with Gasteiger partial charge in [0.1, 0.15) is 18.1 Å².